The summed E-state index contributed by atoms with van der Waals surface area (Å²) in [4.78, 5) is 43.2. The molecule has 2 heterocycles. The first-order valence-corrected chi connectivity index (χ1v) is 10.1. The summed E-state index contributed by atoms with van der Waals surface area (Å²) in [5.41, 5.74) is 1.51. The Morgan fingerprint density at radius 1 is 1.18 bits per heavy atom. The van der Waals surface area contributed by atoms with Gasteiger partial charge in [0.2, 0.25) is 5.91 Å². The molecule has 2 amide bonds. The summed E-state index contributed by atoms with van der Waals surface area (Å²) in [7, 11) is 1.31. The van der Waals surface area contributed by atoms with E-state index in [1.165, 1.54) is 18.4 Å². The molecule has 1 aromatic carbocycles. The van der Waals surface area contributed by atoms with Crippen molar-refractivity contribution < 1.29 is 19.1 Å². The zero-order chi connectivity index (χ0) is 20.1. The maximum atomic E-state index is 12.4. The molecule has 0 saturated heterocycles. The van der Waals surface area contributed by atoms with Gasteiger partial charge in [-0.25, -0.2) is 4.98 Å². The van der Waals surface area contributed by atoms with Crippen LogP contribution in [0.3, 0.4) is 0 Å². The Morgan fingerprint density at radius 3 is 2.61 bits per heavy atom. The van der Waals surface area contributed by atoms with Crippen molar-refractivity contribution in [3.63, 3.8) is 0 Å². The van der Waals surface area contributed by atoms with Gasteiger partial charge in [0.05, 0.1) is 19.2 Å². The van der Waals surface area contributed by atoms with Crippen LogP contribution in [0.15, 0.2) is 24.3 Å². The van der Waals surface area contributed by atoms with Crippen LogP contribution in [0.25, 0.3) is 0 Å². The number of nitrogens with zero attached hydrogens (tertiary/aromatic N) is 2. The number of rotatable bonds is 5. The minimum atomic E-state index is -0.389. The van der Waals surface area contributed by atoms with Gasteiger partial charge in [0.25, 0.3) is 5.91 Å². The number of halogens is 1. The van der Waals surface area contributed by atoms with Crippen molar-refractivity contribution >= 4 is 46.4 Å². The normalized spacial score (nSPS) is 13.4. The summed E-state index contributed by atoms with van der Waals surface area (Å²) in [6, 6.07) is 6.88. The highest BCUT2D eigenvalue weighted by Crippen LogP contribution is 2.24. The van der Waals surface area contributed by atoms with Crippen LogP contribution in [0.2, 0.25) is 5.02 Å². The number of amides is 2. The van der Waals surface area contributed by atoms with Gasteiger partial charge >= 0.3 is 5.97 Å². The van der Waals surface area contributed by atoms with Crippen molar-refractivity contribution in [3.8, 4) is 0 Å². The minimum Gasteiger partial charge on any atom is -0.469 e. The monoisotopic (exact) mass is 421 g/mol. The van der Waals surface area contributed by atoms with Crippen molar-refractivity contribution in [2.45, 2.75) is 25.7 Å². The number of benzene rings is 1. The molecule has 0 saturated carbocycles. The molecule has 9 heteroatoms. The first-order chi connectivity index (χ1) is 13.5. The van der Waals surface area contributed by atoms with E-state index in [0.29, 0.717) is 41.6 Å². The average molecular weight is 422 g/mol. The summed E-state index contributed by atoms with van der Waals surface area (Å²) >= 11 is 7.21. The first kappa shape index (κ1) is 20.3. The first-order valence-electron chi connectivity index (χ1n) is 8.86. The number of thiazole rings is 1. The fourth-order valence-electron chi connectivity index (χ4n) is 2.90. The van der Waals surface area contributed by atoms with E-state index >= 15 is 0 Å². The van der Waals surface area contributed by atoms with E-state index in [0.717, 1.165) is 10.6 Å². The van der Waals surface area contributed by atoms with Gasteiger partial charge in [0, 0.05) is 47.9 Å². The predicted octanol–water partition coefficient (Wildman–Crippen LogP) is 2.93. The van der Waals surface area contributed by atoms with Crippen LogP contribution in [-0.4, -0.2) is 47.9 Å². The number of carbonyl (C=O) groups excluding carboxylic acids is 3. The van der Waals surface area contributed by atoms with E-state index in [-0.39, 0.29) is 30.6 Å². The predicted molar refractivity (Wildman–Crippen MR) is 107 cm³/mol. The van der Waals surface area contributed by atoms with E-state index in [1.54, 1.807) is 29.2 Å². The molecule has 0 fully saturated rings. The largest absolute Gasteiger partial charge is 0.469 e. The molecule has 148 valence electrons. The van der Waals surface area contributed by atoms with Gasteiger partial charge in [-0.2, -0.15) is 0 Å². The molecule has 0 unspecified atom stereocenters. The number of anilines is 1. The number of hydrogen-bond donors (Lipinski definition) is 1. The Kier molecular flexibility index (Phi) is 6.64. The number of carbonyl (C=O) groups is 3. The highest BCUT2D eigenvalue weighted by Gasteiger charge is 2.23. The Morgan fingerprint density at radius 2 is 1.89 bits per heavy atom. The fraction of sp³-hybridized carbons (Fsp3) is 0.368. The molecule has 0 atom stereocenters. The van der Waals surface area contributed by atoms with Gasteiger partial charge in [0.15, 0.2) is 5.01 Å². The van der Waals surface area contributed by atoms with Gasteiger partial charge in [-0.15, -0.1) is 11.3 Å². The zero-order valence-electron chi connectivity index (χ0n) is 15.4. The molecule has 2 aromatic rings. The molecule has 0 bridgehead atoms. The van der Waals surface area contributed by atoms with Crippen LogP contribution in [0.5, 0.6) is 0 Å². The maximum absolute atomic E-state index is 12.4. The smallest absolute Gasteiger partial charge is 0.306 e. The standard InChI is InChI=1S/C19H20ClN3O4S/c1-27-17(25)7-6-16(24)23-10-8-14-15(9-11-23)28-19(22-14)18(26)21-13-4-2-12(20)3-5-13/h2-5H,6-11H2,1H3,(H,21,26). The molecule has 0 aliphatic carbocycles. The molecule has 1 aliphatic rings. The number of fused-ring (bicyclic) bond motifs is 1. The van der Waals surface area contributed by atoms with Gasteiger partial charge in [-0.1, -0.05) is 11.6 Å². The van der Waals surface area contributed by atoms with Crippen LogP contribution < -0.4 is 5.32 Å². The Hall–Kier alpha value is -2.45. The van der Waals surface area contributed by atoms with E-state index in [4.69, 9.17) is 11.6 Å². The highest BCUT2D eigenvalue weighted by atomic mass is 35.5. The third-order valence-electron chi connectivity index (χ3n) is 4.43. The number of esters is 1. The Bertz CT molecular complexity index is 856. The Labute approximate surface area is 171 Å². The van der Waals surface area contributed by atoms with Crippen LogP contribution in [0.4, 0.5) is 5.69 Å². The molecular weight excluding hydrogens is 402 g/mol. The van der Waals surface area contributed by atoms with Crippen LogP contribution in [-0.2, 0) is 27.2 Å². The maximum Gasteiger partial charge on any atom is 0.306 e. The second-order valence-corrected chi connectivity index (χ2v) is 7.83. The third-order valence-corrected chi connectivity index (χ3v) is 5.83. The number of hydrogen-bond acceptors (Lipinski definition) is 6. The summed E-state index contributed by atoms with van der Waals surface area (Å²) in [5.74, 6) is -0.715. The van der Waals surface area contributed by atoms with Crippen LogP contribution in [0, 0.1) is 0 Å². The summed E-state index contributed by atoms with van der Waals surface area (Å²) in [6.07, 6.45) is 1.46. The number of aromatic nitrogens is 1. The lowest BCUT2D eigenvalue weighted by molar-refractivity contribution is -0.143. The van der Waals surface area contributed by atoms with Crippen molar-refractivity contribution in [2.24, 2.45) is 0 Å². The van der Waals surface area contributed by atoms with Crippen molar-refractivity contribution in [1.82, 2.24) is 9.88 Å². The lowest BCUT2D eigenvalue weighted by Crippen LogP contribution is -2.33. The van der Waals surface area contributed by atoms with Crippen LogP contribution in [0.1, 0.15) is 33.2 Å². The van der Waals surface area contributed by atoms with Gasteiger partial charge in [0.1, 0.15) is 0 Å². The topological polar surface area (TPSA) is 88.6 Å². The molecule has 1 aliphatic heterocycles. The summed E-state index contributed by atoms with van der Waals surface area (Å²) in [6.45, 7) is 1.07. The third kappa shape index (κ3) is 5.08. The molecule has 1 N–H and O–H groups in total. The van der Waals surface area contributed by atoms with E-state index in [1.807, 2.05) is 0 Å². The molecule has 0 radical (unpaired) electrons. The van der Waals surface area contributed by atoms with E-state index in [2.05, 4.69) is 15.0 Å². The molecule has 28 heavy (non-hydrogen) atoms. The molecular formula is C19H20ClN3O4S. The molecule has 0 spiro atoms. The number of nitrogens with one attached hydrogen (secondary N) is 1. The summed E-state index contributed by atoms with van der Waals surface area (Å²) < 4.78 is 4.57. The zero-order valence-corrected chi connectivity index (χ0v) is 16.9. The van der Waals surface area contributed by atoms with Crippen LogP contribution >= 0.6 is 22.9 Å². The minimum absolute atomic E-state index is 0.0683. The highest BCUT2D eigenvalue weighted by molar-refractivity contribution is 7.13. The van der Waals surface area contributed by atoms with Gasteiger partial charge in [-0.05, 0) is 24.3 Å². The van der Waals surface area contributed by atoms with Gasteiger partial charge < -0.3 is 15.0 Å². The lowest BCUT2D eigenvalue weighted by Gasteiger charge is -2.19. The van der Waals surface area contributed by atoms with Crippen molar-refractivity contribution in [1.29, 1.82) is 0 Å². The molecule has 3 rings (SSSR count). The quantitative estimate of drug-likeness (QED) is 0.750. The van der Waals surface area contributed by atoms with Crippen molar-refractivity contribution in [2.75, 3.05) is 25.5 Å². The summed E-state index contributed by atoms with van der Waals surface area (Å²) in [5, 5.41) is 3.82. The molecule has 7 nitrogen and oxygen atoms in total. The number of ether oxygens (including phenoxy) is 1. The SMILES string of the molecule is COC(=O)CCC(=O)N1CCc2nc(C(=O)Nc3ccc(Cl)cc3)sc2CC1. The fourth-order valence-corrected chi connectivity index (χ4v) is 4.01. The molecule has 1 aromatic heterocycles. The number of methoxy groups -OCH3 is 1. The van der Waals surface area contributed by atoms with Gasteiger partial charge in [-0.3, -0.25) is 14.4 Å². The Balaban J connectivity index is 1.58. The van der Waals surface area contributed by atoms with E-state index in [9.17, 15) is 14.4 Å². The second-order valence-electron chi connectivity index (χ2n) is 6.31. The second kappa shape index (κ2) is 9.16. The van der Waals surface area contributed by atoms with Crippen molar-refractivity contribution in [3.05, 3.63) is 44.9 Å². The lowest BCUT2D eigenvalue weighted by atomic mass is 10.2. The van der Waals surface area contributed by atoms with E-state index < -0.39 is 0 Å². The average Bonchev–Trinajstić information content (AvgIpc) is 3.00.